The SMILES string of the molecule is CC12CC=C3CC4CC5C=CC67C(=O)OCC8(C1C(=O)C(O)C1(C9CCCC(Cc%10ccccc%10)C9)C8C(CC8(C)C(c9ccoc9CC(C(O)CO)C9CCC%10C(C=CN%11CNCC%10%11)C9)OC(=O)C9OC981)CC46C5)C37O2. The number of carbonyl (C=O) groups excluding carboxylic acids is 3. The van der Waals surface area contributed by atoms with Crippen molar-refractivity contribution in [2.45, 2.75) is 157 Å². The molecule has 24 unspecified atom stereocenters. The van der Waals surface area contributed by atoms with Crippen LogP contribution in [0.4, 0.5) is 0 Å². The van der Waals surface area contributed by atoms with Crippen molar-refractivity contribution in [3.63, 3.8) is 0 Å². The summed E-state index contributed by atoms with van der Waals surface area (Å²) in [7, 11) is 0. The number of hydrogen-bond acceptors (Lipinski definition) is 13. The van der Waals surface area contributed by atoms with Crippen LogP contribution in [-0.4, -0.2) is 106 Å². The van der Waals surface area contributed by atoms with Crippen molar-refractivity contribution in [2.24, 2.45) is 92.2 Å². The number of fused-ring (bicyclic) bond motifs is 6. The fourth-order valence-corrected chi connectivity index (χ4v) is 24.3. The lowest BCUT2D eigenvalue weighted by Gasteiger charge is -2.73. The Kier molecular flexibility index (Phi) is 9.57. The number of nitrogens with zero attached hydrogens (tertiary/aromatic N) is 1. The van der Waals surface area contributed by atoms with Gasteiger partial charge in [0.1, 0.15) is 41.2 Å². The molecule has 0 radical (unpaired) electrons. The van der Waals surface area contributed by atoms with E-state index in [-0.39, 0.29) is 60.5 Å². The van der Waals surface area contributed by atoms with E-state index in [0.717, 1.165) is 95.0 Å². The molecule has 24 atom stereocenters. The Balaban J connectivity index is 0.853. The molecule has 8 aliphatic carbocycles. The molecule has 77 heavy (non-hydrogen) atoms. The van der Waals surface area contributed by atoms with Gasteiger partial charge in [-0.15, -0.1) is 0 Å². The van der Waals surface area contributed by atoms with Gasteiger partial charge in [0.15, 0.2) is 11.9 Å². The van der Waals surface area contributed by atoms with Gasteiger partial charge in [-0.05, 0) is 172 Å². The molecule has 6 bridgehead atoms. The number of epoxide rings is 1. The van der Waals surface area contributed by atoms with Crippen molar-refractivity contribution in [3.05, 3.63) is 95.6 Å². The molecule has 1 aromatic heterocycles. The van der Waals surface area contributed by atoms with Crippen molar-refractivity contribution in [3.8, 4) is 0 Å². The van der Waals surface area contributed by atoms with E-state index in [0.29, 0.717) is 55.2 Å². The van der Waals surface area contributed by atoms with E-state index in [1.54, 1.807) is 6.26 Å². The van der Waals surface area contributed by atoms with Crippen LogP contribution in [-0.2, 0) is 46.2 Å². The first-order valence-electron chi connectivity index (χ1n) is 30.2. The first-order chi connectivity index (χ1) is 37.2. The summed E-state index contributed by atoms with van der Waals surface area (Å²) in [6, 6.07) is 13.1. The minimum atomic E-state index is -1.50. The van der Waals surface area contributed by atoms with Gasteiger partial charge in [-0.2, -0.15) is 0 Å². The second-order valence-electron chi connectivity index (χ2n) is 28.6. The summed E-state index contributed by atoms with van der Waals surface area (Å²) >= 11 is 0. The van der Waals surface area contributed by atoms with Crippen LogP contribution in [0.2, 0.25) is 0 Å². The van der Waals surface area contributed by atoms with Gasteiger partial charge in [0.2, 0.25) is 0 Å². The Bertz CT molecular complexity index is 2990. The van der Waals surface area contributed by atoms with Gasteiger partial charge >= 0.3 is 11.9 Å². The van der Waals surface area contributed by atoms with Crippen LogP contribution in [0.1, 0.15) is 120 Å². The summed E-state index contributed by atoms with van der Waals surface area (Å²) in [6.07, 6.45) is 20.7. The van der Waals surface area contributed by atoms with Gasteiger partial charge in [0.25, 0.3) is 0 Å². The molecule has 2 aromatic rings. The highest BCUT2D eigenvalue weighted by molar-refractivity contribution is 5.95. The molecule has 4 N–H and O–H groups in total. The van der Waals surface area contributed by atoms with E-state index >= 15 is 14.4 Å². The minimum absolute atomic E-state index is 0.0187. The first-order valence-corrected chi connectivity index (χ1v) is 30.2. The van der Waals surface area contributed by atoms with Crippen LogP contribution in [0.3, 0.4) is 0 Å². The van der Waals surface area contributed by atoms with E-state index in [1.807, 2.05) is 6.07 Å². The van der Waals surface area contributed by atoms with Crippen molar-refractivity contribution in [1.82, 2.24) is 10.2 Å². The van der Waals surface area contributed by atoms with Gasteiger partial charge in [-0.1, -0.05) is 74.4 Å². The van der Waals surface area contributed by atoms with Crippen molar-refractivity contribution in [1.29, 1.82) is 0 Å². The number of hydrogen-bond donors (Lipinski definition) is 4. The lowest BCUT2D eigenvalue weighted by molar-refractivity contribution is -0.307. The topological polar surface area (TPSA) is 181 Å². The number of Topliss-reactive ketones (excluding diaryl/α,β-unsaturated/α-hetero) is 1. The molecule has 12 fully saturated rings. The number of furan rings is 1. The summed E-state index contributed by atoms with van der Waals surface area (Å²) in [5.41, 5.74) is -5.47. The highest BCUT2D eigenvalue weighted by Gasteiger charge is 3.00. The minimum Gasteiger partial charge on any atom is -0.469 e. The van der Waals surface area contributed by atoms with Crippen LogP contribution in [0.25, 0.3) is 0 Å². The number of carbonyl (C=O) groups is 3. The highest BCUT2D eigenvalue weighted by Crippen LogP contribution is 2.92. The number of esters is 2. The van der Waals surface area contributed by atoms with Gasteiger partial charge in [-0.3, -0.25) is 14.9 Å². The normalized spacial score (nSPS) is 53.0. The smallest absolute Gasteiger partial charge is 0.339 e. The Morgan fingerprint density at radius 2 is 1.82 bits per heavy atom. The average molecular weight is 1050 g/mol. The fraction of sp³-hybridized carbons (Fsp3) is 0.703. The summed E-state index contributed by atoms with van der Waals surface area (Å²) in [6.45, 7) is 5.81. The molecule has 1 aromatic carbocycles. The third-order valence-electron chi connectivity index (χ3n) is 26.2. The van der Waals surface area contributed by atoms with Crippen LogP contribution >= 0.6 is 0 Å². The maximum Gasteiger partial charge on any atom is 0.339 e. The van der Waals surface area contributed by atoms with Crippen molar-refractivity contribution >= 4 is 17.7 Å². The van der Waals surface area contributed by atoms with E-state index in [9.17, 15) is 15.3 Å². The number of nitrogens with one attached hydrogen (secondary N) is 1. The van der Waals surface area contributed by atoms with E-state index in [2.05, 4.69) is 84.9 Å². The van der Waals surface area contributed by atoms with E-state index in [1.165, 1.54) is 5.56 Å². The lowest BCUT2D eigenvalue weighted by atomic mass is 9.29. The fourth-order valence-electron chi connectivity index (χ4n) is 24.3. The molecule has 13 heteroatoms. The van der Waals surface area contributed by atoms with Gasteiger partial charge in [0.05, 0.1) is 42.6 Å². The van der Waals surface area contributed by atoms with E-state index < -0.39 is 86.1 Å². The highest BCUT2D eigenvalue weighted by atomic mass is 16.7. The predicted octanol–water partition coefficient (Wildman–Crippen LogP) is 7.33. The number of rotatable bonds is 9. The molecule has 7 saturated carbocycles. The van der Waals surface area contributed by atoms with Gasteiger partial charge in [0, 0.05) is 35.4 Å². The monoisotopic (exact) mass is 1050 g/mol. The summed E-state index contributed by atoms with van der Waals surface area (Å²) in [4.78, 5) is 50.4. The van der Waals surface area contributed by atoms with Crippen molar-refractivity contribution in [2.75, 3.05) is 26.4 Å². The Morgan fingerprint density at radius 1 is 0.948 bits per heavy atom. The standard InChI is InChI=1S/C64H76N2O11/c1-57-28-39-29-59-27-36-13-18-61(59)56(72)74-32-60-50(39)62(40-10-6-9-35(22-40)21-34-7-4-3-5-8-34,52(70)49(69)51(60)58(2)17-14-41(25-42(59)23-36)63(60,61)77-58)64(57)54(76-64)55(71)75-53(57)44-16-20-73-48(44)26-45(47(68)31-67)37-11-12-43-38(24-37)15-19-66-33-65-30-46(43)66/h3-5,7-8,13-16,18-20,35-40,42-43,45-47,50-54,65,67-68,70H,6,9-12,17,21-33H2,1-2H3. The Labute approximate surface area is 450 Å². The molecule has 5 spiro atoms. The lowest BCUT2D eigenvalue weighted by Crippen LogP contribution is -2.83. The zero-order chi connectivity index (χ0) is 52.0. The molecule has 7 aliphatic heterocycles. The summed E-state index contributed by atoms with van der Waals surface area (Å²) in [5.74, 6) is -0.486. The molecule has 408 valence electrons. The molecule has 8 heterocycles. The van der Waals surface area contributed by atoms with Crippen LogP contribution in [0, 0.1) is 92.2 Å². The number of cyclic esters (lactones) is 2. The summed E-state index contributed by atoms with van der Waals surface area (Å²) in [5, 5.41) is 40.5. The number of aliphatic hydroxyl groups is 3. The molecular formula is C64H76N2O11. The van der Waals surface area contributed by atoms with E-state index in [4.69, 9.17) is 23.4 Å². The zero-order valence-corrected chi connectivity index (χ0v) is 44.7. The molecular weight excluding hydrogens is 973 g/mol. The van der Waals surface area contributed by atoms with Crippen LogP contribution in [0.5, 0.6) is 0 Å². The molecule has 0 amide bonds. The summed E-state index contributed by atoms with van der Waals surface area (Å²) < 4.78 is 36.0. The third-order valence-corrected chi connectivity index (χ3v) is 26.2. The number of benzene rings is 1. The Morgan fingerprint density at radius 3 is 2.68 bits per heavy atom. The maximum atomic E-state index is 16.8. The first kappa shape index (κ1) is 47.7. The predicted molar refractivity (Wildman–Crippen MR) is 277 cm³/mol. The molecule has 17 rings (SSSR count). The molecule has 15 aliphatic rings. The number of ketones is 1. The largest absolute Gasteiger partial charge is 0.469 e. The zero-order valence-electron chi connectivity index (χ0n) is 44.7. The second kappa shape index (κ2) is 15.5. The van der Waals surface area contributed by atoms with Crippen molar-refractivity contribution < 1.29 is 53.1 Å². The second-order valence-corrected chi connectivity index (χ2v) is 28.6. The number of ether oxygens (including phenoxy) is 4. The van der Waals surface area contributed by atoms with Gasteiger partial charge in [-0.25, -0.2) is 4.79 Å². The molecule has 13 nitrogen and oxygen atoms in total. The van der Waals surface area contributed by atoms with Crippen LogP contribution < -0.4 is 5.32 Å². The van der Waals surface area contributed by atoms with Crippen LogP contribution in [0.15, 0.2) is 83.2 Å². The van der Waals surface area contributed by atoms with Gasteiger partial charge < -0.3 is 43.6 Å². The number of allylic oxidation sites excluding steroid dienone is 2. The Hall–Kier alpha value is -4.11. The quantitative estimate of drug-likeness (QED) is 0.112. The third kappa shape index (κ3) is 5.24. The average Bonchev–Trinajstić information content (AvgIpc) is 1.70. The number of aliphatic hydroxyl groups excluding tert-OH is 3. The molecule has 5 saturated heterocycles. The maximum absolute atomic E-state index is 16.8.